The first-order valence-electron chi connectivity index (χ1n) is 8.28. The van der Waals surface area contributed by atoms with Crippen molar-refractivity contribution in [3.63, 3.8) is 0 Å². The zero-order chi connectivity index (χ0) is 13.6. The van der Waals surface area contributed by atoms with Gasteiger partial charge in [0, 0.05) is 13.1 Å². The van der Waals surface area contributed by atoms with Crippen LogP contribution in [0.2, 0.25) is 0 Å². The summed E-state index contributed by atoms with van der Waals surface area (Å²) in [7, 11) is 4.29. The summed E-state index contributed by atoms with van der Waals surface area (Å²) in [5.74, 6) is 0. The molecule has 1 spiro atoms. The Morgan fingerprint density at radius 1 is 1.00 bits per heavy atom. The summed E-state index contributed by atoms with van der Waals surface area (Å²) in [5.41, 5.74) is 0.773. The van der Waals surface area contributed by atoms with Gasteiger partial charge in [0.2, 0.25) is 0 Å². The maximum Gasteiger partial charge on any atom is 0.0107 e. The molecule has 0 aromatic heterocycles. The van der Waals surface area contributed by atoms with Gasteiger partial charge in [-0.1, -0.05) is 12.8 Å². The van der Waals surface area contributed by atoms with Crippen LogP contribution in [-0.2, 0) is 0 Å². The standard InChI is InChI=1S/C16H33N3/c1-18(2)12-5-10-17-11-15-19-13-8-16(9-14-19)6-3-4-7-16/h17H,3-15H2,1-2H3. The highest BCUT2D eigenvalue weighted by Gasteiger charge is 2.36. The molecular formula is C16H33N3. The summed E-state index contributed by atoms with van der Waals surface area (Å²) < 4.78 is 0. The third kappa shape index (κ3) is 5.05. The number of nitrogens with zero attached hydrogens (tertiary/aromatic N) is 2. The lowest BCUT2D eigenvalue weighted by Crippen LogP contribution is -2.42. The van der Waals surface area contributed by atoms with Crippen molar-refractivity contribution in [2.24, 2.45) is 5.41 Å². The largest absolute Gasteiger partial charge is 0.315 e. The van der Waals surface area contributed by atoms with E-state index in [4.69, 9.17) is 0 Å². The number of hydrogen-bond acceptors (Lipinski definition) is 3. The van der Waals surface area contributed by atoms with E-state index in [1.807, 2.05) is 0 Å². The van der Waals surface area contributed by atoms with E-state index in [0.29, 0.717) is 0 Å². The SMILES string of the molecule is CN(C)CCCNCCN1CCC2(CCCC2)CC1. The Morgan fingerprint density at radius 3 is 2.32 bits per heavy atom. The van der Waals surface area contributed by atoms with Gasteiger partial charge in [-0.15, -0.1) is 0 Å². The molecule has 2 aliphatic rings. The second kappa shape index (κ2) is 7.61. The number of likely N-dealkylation sites (tertiary alicyclic amines) is 1. The molecule has 19 heavy (non-hydrogen) atoms. The van der Waals surface area contributed by atoms with E-state index in [2.05, 4.69) is 29.2 Å². The molecule has 112 valence electrons. The van der Waals surface area contributed by atoms with Crippen LogP contribution in [0.15, 0.2) is 0 Å². The fourth-order valence-electron chi connectivity index (χ4n) is 3.76. The summed E-state index contributed by atoms with van der Waals surface area (Å²) in [4.78, 5) is 4.93. The van der Waals surface area contributed by atoms with Gasteiger partial charge in [-0.25, -0.2) is 0 Å². The summed E-state index contributed by atoms with van der Waals surface area (Å²) >= 11 is 0. The molecule has 0 atom stereocenters. The van der Waals surface area contributed by atoms with Crippen LogP contribution in [0.25, 0.3) is 0 Å². The Kier molecular flexibility index (Phi) is 6.11. The molecule has 0 radical (unpaired) electrons. The van der Waals surface area contributed by atoms with Crippen molar-refractivity contribution < 1.29 is 0 Å². The predicted octanol–water partition coefficient (Wildman–Crippen LogP) is 2.18. The van der Waals surface area contributed by atoms with Crippen LogP contribution in [0.5, 0.6) is 0 Å². The Labute approximate surface area is 119 Å². The number of hydrogen-bond donors (Lipinski definition) is 1. The van der Waals surface area contributed by atoms with Crippen LogP contribution in [0, 0.1) is 5.41 Å². The van der Waals surface area contributed by atoms with Gasteiger partial charge >= 0.3 is 0 Å². The molecule has 1 heterocycles. The molecule has 1 aliphatic heterocycles. The molecule has 1 saturated carbocycles. The predicted molar refractivity (Wildman–Crippen MR) is 82.6 cm³/mol. The van der Waals surface area contributed by atoms with Crippen LogP contribution in [0.3, 0.4) is 0 Å². The van der Waals surface area contributed by atoms with E-state index in [9.17, 15) is 0 Å². The van der Waals surface area contributed by atoms with Gasteiger partial charge in [-0.05, 0) is 77.8 Å². The molecule has 0 unspecified atom stereocenters. The van der Waals surface area contributed by atoms with Crippen molar-refractivity contribution in [2.45, 2.75) is 44.9 Å². The number of rotatable bonds is 7. The van der Waals surface area contributed by atoms with E-state index >= 15 is 0 Å². The smallest absolute Gasteiger partial charge is 0.0107 e. The Morgan fingerprint density at radius 2 is 1.68 bits per heavy atom. The van der Waals surface area contributed by atoms with Gasteiger partial charge in [0.05, 0.1) is 0 Å². The first-order valence-corrected chi connectivity index (χ1v) is 8.28. The lowest BCUT2D eigenvalue weighted by Gasteiger charge is -2.39. The molecule has 1 N–H and O–H groups in total. The monoisotopic (exact) mass is 267 g/mol. The molecule has 2 fully saturated rings. The minimum Gasteiger partial charge on any atom is -0.315 e. The maximum atomic E-state index is 3.58. The summed E-state index contributed by atoms with van der Waals surface area (Å²) in [6.07, 6.45) is 10.2. The van der Waals surface area contributed by atoms with Gasteiger partial charge in [0.15, 0.2) is 0 Å². The van der Waals surface area contributed by atoms with Gasteiger partial charge in [0.25, 0.3) is 0 Å². The number of nitrogens with one attached hydrogen (secondary N) is 1. The maximum absolute atomic E-state index is 3.58. The van der Waals surface area contributed by atoms with E-state index in [1.54, 1.807) is 0 Å². The molecule has 2 rings (SSSR count). The highest BCUT2D eigenvalue weighted by atomic mass is 15.1. The lowest BCUT2D eigenvalue weighted by atomic mass is 9.77. The second-order valence-electron chi connectivity index (χ2n) is 6.96. The summed E-state index contributed by atoms with van der Waals surface area (Å²) in [6.45, 7) is 7.46. The van der Waals surface area contributed by atoms with Crippen LogP contribution in [0.1, 0.15) is 44.9 Å². The summed E-state index contributed by atoms with van der Waals surface area (Å²) in [5, 5.41) is 3.58. The molecule has 0 bridgehead atoms. The van der Waals surface area contributed by atoms with Crippen molar-refractivity contribution in [3.05, 3.63) is 0 Å². The lowest BCUT2D eigenvalue weighted by molar-refractivity contribution is 0.109. The van der Waals surface area contributed by atoms with E-state index < -0.39 is 0 Å². The minimum atomic E-state index is 0.773. The van der Waals surface area contributed by atoms with Crippen molar-refractivity contribution in [1.29, 1.82) is 0 Å². The highest BCUT2D eigenvalue weighted by Crippen LogP contribution is 2.45. The van der Waals surface area contributed by atoms with Crippen molar-refractivity contribution in [1.82, 2.24) is 15.1 Å². The van der Waals surface area contributed by atoms with Crippen molar-refractivity contribution >= 4 is 0 Å². The van der Waals surface area contributed by atoms with E-state index in [1.165, 1.54) is 77.7 Å². The fraction of sp³-hybridized carbons (Fsp3) is 1.00. The van der Waals surface area contributed by atoms with Gasteiger partial charge in [0.1, 0.15) is 0 Å². The van der Waals surface area contributed by atoms with E-state index in [0.717, 1.165) is 12.0 Å². The Bertz CT molecular complexity index is 236. The van der Waals surface area contributed by atoms with Gasteiger partial charge in [-0.3, -0.25) is 0 Å². The minimum absolute atomic E-state index is 0.773. The zero-order valence-corrected chi connectivity index (χ0v) is 13.1. The third-order valence-electron chi connectivity index (χ3n) is 5.14. The van der Waals surface area contributed by atoms with Crippen LogP contribution >= 0.6 is 0 Å². The average molecular weight is 267 g/mol. The molecule has 1 saturated heterocycles. The van der Waals surface area contributed by atoms with Crippen molar-refractivity contribution in [3.8, 4) is 0 Å². The highest BCUT2D eigenvalue weighted by molar-refractivity contribution is 4.89. The number of piperidine rings is 1. The van der Waals surface area contributed by atoms with E-state index in [-0.39, 0.29) is 0 Å². The third-order valence-corrected chi connectivity index (χ3v) is 5.14. The van der Waals surface area contributed by atoms with Crippen molar-refractivity contribution in [2.75, 3.05) is 53.4 Å². The molecular weight excluding hydrogens is 234 g/mol. The summed E-state index contributed by atoms with van der Waals surface area (Å²) in [6, 6.07) is 0. The Hall–Kier alpha value is -0.120. The van der Waals surface area contributed by atoms with Crippen LogP contribution in [0.4, 0.5) is 0 Å². The molecule has 3 heteroatoms. The molecule has 1 aliphatic carbocycles. The topological polar surface area (TPSA) is 18.5 Å². The Balaban J connectivity index is 1.49. The fourth-order valence-corrected chi connectivity index (χ4v) is 3.76. The first-order chi connectivity index (χ1) is 9.20. The molecule has 0 aromatic carbocycles. The average Bonchev–Trinajstić information content (AvgIpc) is 2.84. The zero-order valence-electron chi connectivity index (χ0n) is 13.1. The molecule has 0 amide bonds. The van der Waals surface area contributed by atoms with Crippen LogP contribution < -0.4 is 5.32 Å². The second-order valence-corrected chi connectivity index (χ2v) is 6.96. The molecule has 3 nitrogen and oxygen atoms in total. The normalized spacial score (nSPS) is 23.5. The van der Waals surface area contributed by atoms with Gasteiger partial charge in [-0.2, -0.15) is 0 Å². The van der Waals surface area contributed by atoms with Crippen LogP contribution in [-0.4, -0.2) is 63.2 Å². The van der Waals surface area contributed by atoms with Gasteiger partial charge < -0.3 is 15.1 Å². The molecule has 0 aromatic rings. The quantitative estimate of drug-likeness (QED) is 0.713. The first kappa shape index (κ1) is 15.3.